The monoisotopic (exact) mass is 386 g/mol. The van der Waals surface area contributed by atoms with Crippen molar-refractivity contribution >= 4 is 38.5 Å². The zero-order valence-electron chi connectivity index (χ0n) is 13.0. The van der Waals surface area contributed by atoms with Crippen molar-refractivity contribution in [3.8, 4) is 5.75 Å². The molecule has 6 heteroatoms. The number of ether oxygens (including phenoxy) is 2. The number of nitrogen functional groups attached to an aromatic ring is 1. The molecule has 0 aliphatic carbocycles. The van der Waals surface area contributed by atoms with Gasteiger partial charge in [0, 0.05) is 15.2 Å². The van der Waals surface area contributed by atoms with Crippen LogP contribution in [-0.2, 0) is 11.3 Å². The van der Waals surface area contributed by atoms with E-state index in [1.54, 1.807) is 0 Å². The first kappa shape index (κ1) is 16.3. The van der Waals surface area contributed by atoms with Gasteiger partial charge in [-0.3, -0.25) is 0 Å². The van der Waals surface area contributed by atoms with Crippen molar-refractivity contribution < 1.29 is 14.3 Å². The highest BCUT2D eigenvalue weighted by atomic mass is 79.9. The van der Waals surface area contributed by atoms with E-state index in [2.05, 4.69) is 20.9 Å². The number of esters is 1. The summed E-state index contributed by atoms with van der Waals surface area (Å²) in [5.41, 5.74) is 7.05. The fourth-order valence-corrected chi connectivity index (χ4v) is 2.76. The number of rotatable bonds is 4. The lowest BCUT2D eigenvalue weighted by atomic mass is 10.1. The standard InChI is InChI=1S/C18H15BrN2O3/c1-23-18(22)15-16(24-10-11-5-3-2-4-6-11)13-8-7-12(19)9-14(13)17(20)21-15/h2-9H,10H2,1H3,(H2,20,21). The Hall–Kier alpha value is -2.60. The SMILES string of the molecule is COC(=O)c1nc(N)c2cc(Br)ccc2c1OCc1ccccc1. The van der Waals surface area contributed by atoms with Crippen LogP contribution in [0.4, 0.5) is 5.82 Å². The fourth-order valence-electron chi connectivity index (χ4n) is 2.40. The lowest BCUT2D eigenvalue weighted by Gasteiger charge is -2.14. The number of anilines is 1. The molecule has 5 nitrogen and oxygen atoms in total. The summed E-state index contributed by atoms with van der Waals surface area (Å²) in [7, 11) is 1.30. The van der Waals surface area contributed by atoms with Crippen molar-refractivity contribution in [2.24, 2.45) is 0 Å². The lowest BCUT2D eigenvalue weighted by Crippen LogP contribution is -2.11. The van der Waals surface area contributed by atoms with Gasteiger partial charge in [-0.25, -0.2) is 9.78 Å². The summed E-state index contributed by atoms with van der Waals surface area (Å²) in [6.45, 7) is 0.307. The molecule has 2 N–H and O–H groups in total. The van der Waals surface area contributed by atoms with Crippen molar-refractivity contribution in [2.45, 2.75) is 6.61 Å². The number of nitrogens with two attached hydrogens (primary N) is 1. The number of fused-ring (bicyclic) bond motifs is 1. The summed E-state index contributed by atoms with van der Waals surface area (Å²) in [5.74, 6) is 0.0238. The molecule has 1 aromatic heterocycles. The van der Waals surface area contributed by atoms with Crippen LogP contribution in [0.3, 0.4) is 0 Å². The van der Waals surface area contributed by atoms with Crippen LogP contribution in [0.5, 0.6) is 5.75 Å². The normalized spacial score (nSPS) is 10.6. The van der Waals surface area contributed by atoms with Crippen molar-refractivity contribution in [1.29, 1.82) is 0 Å². The molecule has 0 unspecified atom stereocenters. The van der Waals surface area contributed by atoms with Gasteiger partial charge in [-0.2, -0.15) is 0 Å². The summed E-state index contributed by atoms with van der Waals surface area (Å²) in [6.07, 6.45) is 0. The number of halogens is 1. The number of hydrogen-bond acceptors (Lipinski definition) is 5. The van der Waals surface area contributed by atoms with Crippen LogP contribution in [0, 0.1) is 0 Å². The molecule has 3 rings (SSSR count). The molecule has 0 bridgehead atoms. The predicted molar refractivity (Wildman–Crippen MR) is 96.0 cm³/mol. The van der Waals surface area contributed by atoms with Gasteiger partial charge in [-0.1, -0.05) is 46.3 Å². The number of benzene rings is 2. The highest BCUT2D eigenvalue weighted by molar-refractivity contribution is 9.10. The van der Waals surface area contributed by atoms with Crippen LogP contribution >= 0.6 is 15.9 Å². The highest BCUT2D eigenvalue weighted by Gasteiger charge is 2.21. The van der Waals surface area contributed by atoms with Crippen LogP contribution < -0.4 is 10.5 Å². The average molecular weight is 387 g/mol. The number of methoxy groups -OCH3 is 1. The molecular weight excluding hydrogens is 372 g/mol. The van der Waals surface area contributed by atoms with Crippen LogP contribution in [0.2, 0.25) is 0 Å². The third-order valence-corrected chi connectivity index (χ3v) is 4.05. The number of carbonyl (C=O) groups excluding carboxylic acids is 1. The van der Waals surface area contributed by atoms with E-state index in [1.165, 1.54) is 7.11 Å². The first-order chi connectivity index (χ1) is 11.6. The smallest absolute Gasteiger partial charge is 0.360 e. The largest absolute Gasteiger partial charge is 0.486 e. The molecule has 0 saturated carbocycles. The predicted octanol–water partition coefficient (Wildman–Crippen LogP) is 3.95. The molecule has 0 radical (unpaired) electrons. The maximum absolute atomic E-state index is 12.1. The molecule has 0 aliphatic rings. The van der Waals surface area contributed by atoms with Crippen LogP contribution in [0.25, 0.3) is 10.8 Å². The maximum atomic E-state index is 12.1. The third-order valence-electron chi connectivity index (χ3n) is 3.55. The zero-order valence-corrected chi connectivity index (χ0v) is 14.5. The summed E-state index contributed by atoms with van der Waals surface area (Å²) in [6, 6.07) is 15.2. The lowest BCUT2D eigenvalue weighted by molar-refractivity contribution is 0.0589. The Balaban J connectivity index is 2.11. The summed E-state index contributed by atoms with van der Waals surface area (Å²) >= 11 is 3.41. The summed E-state index contributed by atoms with van der Waals surface area (Å²) in [4.78, 5) is 16.3. The Kier molecular flexibility index (Phi) is 4.66. The molecule has 0 amide bonds. The minimum Gasteiger partial charge on any atom is -0.486 e. The quantitative estimate of drug-likeness (QED) is 0.687. The Morgan fingerprint density at radius 2 is 1.92 bits per heavy atom. The Labute approximate surface area is 147 Å². The highest BCUT2D eigenvalue weighted by Crippen LogP contribution is 2.34. The van der Waals surface area contributed by atoms with E-state index >= 15 is 0 Å². The van der Waals surface area contributed by atoms with Gasteiger partial charge in [0.1, 0.15) is 12.4 Å². The fraction of sp³-hybridized carbons (Fsp3) is 0.111. The van der Waals surface area contributed by atoms with E-state index in [1.807, 2.05) is 48.5 Å². The molecule has 24 heavy (non-hydrogen) atoms. The van der Waals surface area contributed by atoms with Crippen molar-refractivity contribution in [3.05, 3.63) is 64.3 Å². The topological polar surface area (TPSA) is 74.4 Å². The zero-order chi connectivity index (χ0) is 17.1. The molecule has 0 aliphatic heterocycles. The van der Waals surface area contributed by atoms with Gasteiger partial charge in [0.2, 0.25) is 0 Å². The molecule has 0 saturated heterocycles. The van der Waals surface area contributed by atoms with Crippen molar-refractivity contribution in [1.82, 2.24) is 4.98 Å². The van der Waals surface area contributed by atoms with Gasteiger partial charge in [0.15, 0.2) is 11.4 Å². The van der Waals surface area contributed by atoms with E-state index in [0.717, 1.165) is 10.0 Å². The Morgan fingerprint density at radius 1 is 1.17 bits per heavy atom. The number of aromatic nitrogens is 1. The number of hydrogen-bond donors (Lipinski definition) is 1. The van der Waals surface area contributed by atoms with E-state index in [-0.39, 0.29) is 11.5 Å². The summed E-state index contributed by atoms with van der Waals surface area (Å²) in [5, 5.41) is 1.42. The van der Waals surface area contributed by atoms with E-state index in [9.17, 15) is 4.79 Å². The van der Waals surface area contributed by atoms with Gasteiger partial charge in [-0.15, -0.1) is 0 Å². The molecule has 0 fully saturated rings. The van der Waals surface area contributed by atoms with E-state index in [4.69, 9.17) is 15.2 Å². The van der Waals surface area contributed by atoms with Gasteiger partial charge in [-0.05, 0) is 23.8 Å². The average Bonchev–Trinajstić information content (AvgIpc) is 2.61. The molecule has 0 spiro atoms. The maximum Gasteiger partial charge on any atom is 0.360 e. The first-order valence-electron chi connectivity index (χ1n) is 7.24. The second-order valence-electron chi connectivity index (χ2n) is 5.13. The molecule has 2 aromatic carbocycles. The molecule has 0 atom stereocenters. The molecule has 1 heterocycles. The third kappa shape index (κ3) is 3.19. The van der Waals surface area contributed by atoms with Gasteiger partial charge < -0.3 is 15.2 Å². The second kappa shape index (κ2) is 6.88. The number of pyridine rings is 1. The van der Waals surface area contributed by atoms with E-state index < -0.39 is 5.97 Å². The molecule has 3 aromatic rings. The first-order valence-corrected chi connectivity index (χ1v) is 8.03. The van der Waals surface area contributed by atoms with E-state index in [0.29, 0.717) is 23.1 Å². The Morgan fingerprint density at radius 3 is 2.62 bits per heavy atom. The van der Waals surface area contributed by atoms with Crippen LogP contribution in [0.15, 0.2) is 53.0 Å². The summed E-state index contributed by atoms with van der Waals surface area (Å²) < 4.78 is 11.6. The minimum absolute atomic E-state index is 0.0701. The van der Waals surface area contributed by atoms with Gasteiger partial charge >= 0.3 is 5.97 Å². The van der Waals surface area contributed by atoms with Crippen molar-refractivity contribution in [3.63, 3.8) is 0 Å². The molecular formula is C18H15BrN2O3. The van der Waals surface area contributed by atoms with Gasteiger partial charge in [0.25, 0.3) is 0 Å². The van der Waals surface area contributed by atoms with Gasteiger partial charge in [0.05, 0.1) is 7.11 Å². The van der Waals surface area contributed by atoms with Crippen LogP contribution in [-0.4, -0.2) is 18.1 Å². The van der Waals surface area contributed by atoms with Crippen LogP contribution in [0.1, 0.15) is 16.1 Å². The number of nitrogens with zero attached hydrogens (tertiary/aromatic N) is 1. The Bertz CT molecular complexity index is 898. The number of carbonyl (C=O) groups is 1. The molecule has 122 valence electrons. The van der Waals surface area contributed by atoms with Crippen molar-refractivity contribution in [2.75, 3.05) is 12.8 Å². The minimum atomic E-state index is -0.588. The second-order valence-corrected chi connectivity index (χ2v) is 6.05.